The van der Waals surface area contributed by atoms with E-state index in [1.807, 2.05) is 11.6 Å². The molecule has 0 aromatic carbocycles. The average molecular weight is 336 g/mol. The van der Waals surface area contributed by atoms with E-state index < -0.39 is 0 Å². The molecule has 0 bridgehead atoms. The van der Waals surface area contributed by atoms with Crippen molar-refractivity contribution in [1.29, 1.82) is 0 Å². The summed E-state index contributed by atoms with van der Waals surface area (Å²) in [6.07, 6.45) is 3.11. The Morgan fingerprint density at radius 1 is 1.38 bits per heavy atom. The molecule has 1 amide bonds. The summed E-state index contributed by atoms with van der Waals surface area (Å²) >= 11 is 0. The molecule has 1 saturated heterocycles. The van der Waals surface area contributed by atoms with E-state index in [1.165, 1.54) is 0 Å². The Hall–Kier alpha value is -1.47. The summed E-state index contributed by atoms with van der Waals surface area (Å²) < 4.78 is 1.92. The first kappa shape index (κ1) is 18.9. The van der Waals surface area contributed by atoms with Crippen LogP contribution in [0.1, 0.15) is 55.3 Å². The van der Waals surface area contributed by atoms with Gasteiger partial charge in [-0.3, -0.25) is 4.79 Å². The van der Waals surface area contributed by atoms with Crippen molar-refractivity contribution in [3.8, 4) is 0 Å². The minimum Gasteiger partial charge on any atom is -0.349 e. The minimum absolute atomic E-state index is 0.122. The van der Waals surface area contributed by atoms with Gasteiger partial charge in [0.05, 0.1) is 11.7 Å². The average Bonchev–Trinajstić information content (AvgIpc) is 2.93. The molecule has 24 heavy (non-hydrogen) atoms. The van der Waals surface area contributed by atoms with Gasteiger partial charge in [0.1, 0.15) is 0 Å². The monoisotopic (exact) mass is 336 g/mol. The van der Waals surface area contributed by atoms with E-state index in [-0.39, 0.29) is 5.91 Å². The van der Waals surface area contributed by atoms with E-state index >= 15 is 0 Å². The van der Waals surface area contributed by atoms with Crippen molar-refractivity contribution < 1.29 is 4.79 Å². The molecule has 0 spiro atoms. The van der Waals surface area contributed by atoms with E-state index in [0.717, 1.165) is 38.0 Å². The van der Waals surface area contributed by atoms with Crippen LogP contribution in [-0.4, -0.2) is 65.6 Å². The molecule has 0 radical (unpaired) electrons. The molecule has 1 aliphatic rings. The highest BCUT2D eigenvalue weighted by Gasteiger charge is 2.23. The predicted octanol–water partition coefficient (Wildman–Crippen LogP) is 1.22. The van der Waals surface area contributed by atoms with E-state index in [0.29, 0.717) is 30.2 Å². The smallest absolute Gasteiger partial charge is 0.273 e. The molecule has 1 aromatic rings. The van der Waals surface area contributed by atoms with Gasteiger partial charge in [-0.1, -0.05) is 19.1 Å². The van der Waals surface area contributed by atoms with Crippen LogP contribution in [0, 0.1) is 12.8 Å². The van der Waals surface area contributed by atoms with Gasteiger partial charge in [0.2, 0.25) is 0 Å². The van der Waals surface area contributed by atoms with Crippen molar-refractivity contribution in [2.75, 3.05) is 33.7 Å². The molecule has 7 nitrogen and oxygen atoms in total. The minimum atomic E-state index is -0.122. The molecule has 1 fully saturated rings. The molecule has 0 aliphatic carbocycles. The molecule has 1 aromatic heterocycles. The summed E-state index contributed by atoms with van der Waals surface area (Å²) in [6.45, 7) is 8.95. The fourth-order valence-electron chi connectivity index (χ4n) is 3.26. The first-order chi connectivity index (χ1) is 11.4. The van der Waals surface area contributed by atoms with Gasteiger partial charge >= 0.3 is 0 Å². The van der Waals surface area contributed by atoms with Crippen LogP contribution in [-0.2, 0) is 0 Å². The van der Waals surface area contributed by atoms with E-state index in [9.17, 15) is 4.79 Å². The molecule has 1 unspecified atom stereocenters. The normalized spacial score (nSPS) is 17.5. The van der Waals surface area contributed by atoms with Gasteiger partial charge in [0.25, 0.3) is 5.91 Å². The number of nitrogens with one attached hydrogen (secondary N) is 2. The lowest BCUT2D eigenvalue weighted by molar-refractivity contribution is 0.0932. The third kappa shape index (κ3) is 4.77. The van der Waals surface area contributed by atoms with Gasteiger partial charge in [0, 0.05) is 12.6 Å². The number of aromatic nitrogens is 3. The Morgan fingerprint density at radius 2 is 2.04 bits per heavy atom. The van der Waals surface area contributed by atoms with Crippen LogP contribution >= 0.6 is 0 Å². The molecular formula is C17H32N6O. The third-order valence-corrected chi connectivity index (χ3v) is 4.77. The third-order valence-electron chi connectivity index (χ3n) is 4.77. The first-order valence-electron chi connectivity index (χ1n) is 8.97. The van der Waals surface area contributed by atoms with E-state index in [1.54, 1.807) is 0 Å². The Balaban J connectivity index is 1.98. The Kier molecular flexibility index (Phi) is 6.74. The zero-order chi connectivity index (χ0) is 17.7. The van der Waals surface area contributed by atoms with Gasteiger partial charge in [0.15, 0.2) is 5.69 Å². The molecule has 2 rings (SSSR count). The van der Waals surface area contributed by atoms with Crippen LogP contribution in [0.25, 0.3) is 0 Å². The highest BCUT2D eigenvalue weighted by Crippen LogP contribution is 2.20. The number of piperidine rings is 1. The summed E-state index contributed by atoms with van der Waals surface area (Å²) in [5.74, 6) is 0.472. The van der Waals surface area contributed by atoms with Crippen molar-refractivity contribution in [3.63, 3.8) is 0 Å². The largest absolute Gasteiger partial charge is 0.349 e. The summed E-state index contributed by atoms with van der Waals surface area (Å²) in [6, 6.07) is 0.671. The van der Waals surface area contributed by atoms with E-state index in [4.69, 9.17) is 0 Å². The van der Waals surface area contributed by atoms with Gasteiger partial charge in [-0.2, -0.15) is 0 Å². The number of amides is 1. The number of nitrogens with zero attached hydrogens (tertiary/aromatic N) is 4. The van der Waals surface area contributed by atoms with Crippen LogP contribution in [0.4, 0.5) is 0 Å². The second-order valence-electron chi connectivity index (χ2n) is 7.41. The molecule has 1 aliphatic heterocycles. The number of hydrogen-bond acceptors (Lipinski definition) is 5. The number of carbonyl (C=O) groups excluding carboxylic acids is 1. The number of carbonyl (C=O) groups is 1. The number of rotatable bonds is 7. The van der Waals surface area contributed by atoms with Crippen molar-refractivity contribution in [3.05, 3.63) is 11.4 Å². The molecule has 7 heteroatoms. The maximum atomic E-state index is 12.5. The molecular weight excluding hydrogens is 304 g/mol. The molecule has 2 heterocycles. The van der Waals surface area contributed by atoms with Crippen molar-refractivity contribution >= 4 is 5.91 Å². The lowest BCUT2D eigenvalue weighted by Crippen LogP contribution is -2.41. The summed E-state index contributed by atoms with van der Waals surface area (Å²) in [5, 5.41) is 14.8. The van der Waals surface area contributed by atoms with Crippen molar-refractivity contribution in [2.24, 2.45) is 5.92 Å². The predicted molar refractivity (Wildman–Crippen MR) is 95.2 cm³/mol. The van der Waals surface area contributed by atoms with Crippen LogP contribution in [0.2, 0.25) is 0 Å². The number of likely N-dealkylation sites (N-methyl/N-ethyl adjacent to an activating group) is 1. The highest BCUT2D eigenvalue weighted by atomic mass is 16.2. The van der Waals surface area contributed by atoms with Gasteiger partial charge in [-0.15, -0.1) is 5.10 Å². The molecule has 136 valence electrons. The van der Waals surface area contributed by atoms with Crippen molar-refractivity contribution in [1.82, 2.24) is 30.5 Å². The Labute approximate surface area is 145 Å². The fourth-order valence-corrected chi connectivity index (χ4v) is 3.26. The lowest BCUT2D eigenvalue weighted by atomic mass is 10.0. The zero-order valence-electron chi connectivity index (χ0n) is 15.7. The standard InChI is InChI=1S/C17H32N6O/c1-12(2)10-15(22(4)5)11-19-17(24)16-13(3)23(21-20-16)14-6-8-18-9-7-14/h12,14-15,18H,6-11H2,1-5H3,(H,19,24). The van der Waals surface area contributed by atoms with E-state index in [2.05, 4.69) is 53.8 Å². The first-order valence-corrected chi connectivity index (χ1v) is 8.97. The van der Waals surface area contributed by atoms with Crippen LogP contribution in [0.5, 0.6) is 0 Å². The topological polar surface area (TPSA) is 75.1 Å². The highest BCUT2D eigenvalue weighted by molar-refractivity contribution is 5.93. The Morgan fingerprint density at radius 3 is 2.62 bits per heavy atom. The molecule has 0 saturated carbocycles. The van der Waals surface area contributed by atoms with Gasteiger partial charge in [-0.05, 0) is 59.3 Å². The number of hydrogen-bond donors (Lipinski definition) is 2. The second-order valence-corrected chi connectivity index (χ2v) is 7.41. The van der Waals surface area contributed by atoms with Crippen LogP contribution in [0.15, 0.2) is 0 Å². The maximum Gasteiger partial charge on any atom is 0.273 e. The Bertz CT molecular complexity index is 533. The molecule has 1 atom stereocenters. The van der Waals surface area contributed by atoms with Crippen LogP contribution in [0.3, 0.4) is 0 Å². The maximum absolute atomic E-state index is 12.5. The summed E-state index contributed by atoms with van der Waals surface area (Å²) in [5.41, 5.74) is 1.32. The second kappa shape index (κ2) is 8.58. The van der Waals surface area contributed by atoms with Crippen molar-refractivity contribution in [2.45, 2.75) is 52.1 Å². The quantitative estimate of drug-likeness (QED) is 0.783. The SMILES string of the molecule is Cc1c(C(=O)NCC(CC(C)C)N(C)C)nnn1C1CCNCC1. The summed E-state index contributed by atoms with van der Waals surface area (Å²) in [4.78, 5) is 14.7. The van der Waals surface area contributed by atoms with Gasteiger partial charge in [-0.25, -0.2) is 4.68 Å². The summed E-state index contributed by atoms with van der Waals surface area (Å²) in [7, 11) is 4.11. The molecule has 2 N–H and O–H groups in total. The fraction of sp³-hybridized carbons (Fsp3) is 0.824. The zero-order valence-corrected chi connectivity index (χ0v) is 15.7. The lowest BCUT2D eigenvalue weighted by Gasteiger charge is -2.26. The van der Waals surface area contributed by atoms with Crippen LogP contribution < -0.4 is 10.6 Å². The van der Waals surface area contributed by atoms with Gasteiger partial charge < -0.3 is 15.5 Å².